The van der Waals surface area contributed by atoms with Crippen LogP contribution in [0.2, 0.25) is 0 Å². The lowest BCUT2D eigenvalue weighted by Gasteiger charge is -2.22. The maximum absolute atomic E-state index is 13.4. The standard InChI is InChI=1S/C27H26N2O2S/c1-18-8-9-21(31-13-12-28)17-23(18)26(30)29-27(10-11-27)24-16-20(25-7-4-14-32-25)15-19-5-2-3-6-22(19)24/h2-9,14-17H,10-13,28H2,1H3,(H,29,30). The Hall–Kier alpha value is -3.15. The lowest BCUT2D eigenvalue weighted by atomic mass is 9.93. The second kappa shape index (κ2) is 8.41. The van der Waals surface area contributed by atoms with Gasteiger partial charge in [-0.1, -0.05) is 36.4 Å². The number of hydrogen-bond acceptors (Lipinski definition) is 4. The average Bonchev–Trinajstić information content (AvgIpc) is 3.37. The molecule has 1 fully saturated rings. The lowest BCUT2D eigenvalue weighted by molar-refractivity contribution is 0.0930. The van der Waals surface area contributed by atoms with Crippen molar-refractivity contribution in [3.8, 4) is 16.2 Å². The van der Waals surface area contributed by atoms with E-state index in [1.807, 2.05) is 25.1 Å². The van der Waals surface area contributed by atoms with Crippen LogP contribution < -0.4 is 15.8 Å². The summed E-state index contributed by atoms with van der Waals surface area (Å²) < 4.78 is 5.64. The Morgan fingerprint density at radius 3 is 2.69 bits per heavy atom. The van der Waals surface area contributed by atoms with E-state index in [1.54, 1.807) is 11.3 Å². The summed E-state index contributed by atoms with van der Waals surface area (Å²) in [5.74, 6) is 0.602. The molecular weight excluding hydrogens is 416 g/mol. The Morgan fingerprint density at radius 2 is 1.94 bits per heavy atom. The average molecular weight is 443 g/mol. The zero-order valence-electron chi connectivity index (χ0n) is 18.1. The molecule has 1 heterocycles. The number of nitrogens with two attached hydrogens (primary N) is 1. The fourth-order valence-corrected chi connectivity index (χ4v) is 4.99. The van der Waals surface area contributed by atoms with Crippen molar-refractivity contribution in [3.63, 3.8) is 0 Å². The van der Waals surface area contributed by atoms with Crippen LogP contribution >= 0.6 is 11.3 Å². The molecule has 3 aromatic carbocycles. The molecule has 5 rings (SSSR count). The van der Waals surface area contributed by atoms with Crippen molar-refractivity contribution in [1.29, 1.82) is 0 Å². The van der Waals surface area contributed by atoms with E-state index < -0.39 is 0 Å². The van der Waals surface area contributed by atoms with Crippen LogP contribution in [-0.2, 0) is 5.54 Å². The fourth-order valence-electron chi connectivity index (χ4n) is 4.28. The number of fused-ring (bicyclic) bond motifs is 1. The summed E-state index contributed by atoms with van der Waals surface area (Å²) in [4.78, 5) is 14.6. The number of benzene rings is 3. The van der Waals surface area contributed by atoms with Crippen molar-refractivity contribution in [1.82, 2.24) is 5.32 Å². The predicted molar refractivity (Wildman–Crippen MR) is 131 cm³/mol. The van der Waals surface area contributed by atoms with Crippen LogP contribution in [0.4, 0.5) is 0 Å². The highest BCUT2D eigenvalue weighted by Crippen LogP contribution is 2.49. The summed E-state index contributed by atoms with van der Waals surface area (Å²) in [5, 5.41) is 7.86. The molecule has 0 aliphatic heterocycles. The molecule has 1 aromatic heterocycles. The van der Waals surface area contributed by atoms with Gasteiger partial charge < -0.3 is 15.8 Å². The van der Waals surface area contributed by atoms with Gasteiger partial charge in [0.15, 0.2) is 0 Å². The van der Waals surface area contributed by atoms with E-state index in [0.29, 0.717) is 24.5 Å². The molecule has 4 nitrogen and oxygen atoms in total. The summed E-state index contributed by atoms with van der Waals surface area (Å²) in [6.07, 6.45) is 1.86. The van der Waals surface area contributed by atoms with E-state index in [9.17, 15) is 4.79 Å². The van der Waals surface area contributed by atoms with Gasteiger partial charge in [-0.25, -0.2) is 0 Å². The van der Waals surface area contributed by atoms with Crippen molar-refractivity contribution in [3.05, 3.63) is 88.8 Å². The number of aryl methyl sites for hydroxylation is 1. The second-order valence-electron chi connectivity index (χ2n) is 8.37. The Bertz CT molecular complexity index is 1280. The molecule has 1 aliphatic rings. The number of ether oxygens (including phenoxy) is 1. The van der Waals surface area contributed by atoms with Gasteiger partial charge in [-0.2, -0.15) is 0 Å². The first kappa shape index (κ1) is 20.7. The minimum absolute atomic E-state index is 0.0659. The summed E-state index contributed by atoms with van der Waals surface area (Å²) in [6.45, 7) is 2.82. The van der Waals surface area contributed by atoms with E-state index in [0.717, 1.165) is 18.4 Å². The maximum Gasteiger partial charge on any atom is 0.252 e. The highest BCUT2D eigenvalue weighted by atomic mass is 32.1. The fraction of sp³-hybridized carbons (Fsp3) is 0.222. The number of thiophene rings is 1. The third-order valence-corrected chi connectivity index (χ3v) is 7.05. The molecule has 1 aliphatic carbocycles. The smallest absolute Gasteiger partial charge is 0.252 e. The molecular formula is C27H26N2O2S. The van der Waals surface area contributed by atoms with Crippen LogP contribution in [0.25, 0.3) is 21.2 Å². The molecule has 0 bridgehead atoms. The third-order valence-electron chi connectivity index (χ3n) is 6.13. The zero-order valence-corrected chi connectivity index (χ0v) is 18.9. The Labute approximate surface area is 192 Å². The van der Waals surface area contributed by atoms with Gasteiger partial charge >= 0.3 is 0 Å². The van der Waals surface area contributed by atoms with Gasteiger partial charge in [-0.3, -0.25) is 4.79 Å². The van der Waals surface area contributed by atoms with Crippen molar-refractivity contribution >= 4 is 28.0 Å². The monoisotopic (exact) mass is 442 g/mol. The Balaban J connectivity index is 1.52. The van der Waals surface area contributed by atoms with Crippen molar-refractivity contribution in [2.75, 3.05) is 13.2 Å². The van der Waals surface area contributed by atoms with Crippen LogP contribution in [0.1, 0.15) is 34.3 Å². The third kappa shape index (κ3) is 3.90. The van der Waals surface area contributed by atoms with Crippen molar-refractivity contribution < 1.29 is 9.53 Å². The van der Waals surface area contributed by atoms with E-state index in [4.69, 9.17) is 10.5 Å². The first-order valence-corrected chi connectivity index (χ1v) is 11.8. The van der Waals surface area contributed by atoms with Gasteiger partial charge in [0.1, 0.15) is 12.4 Å². The van der Waals surface area contributed by atoms with Crippen LogP contribution in [-0.4, -0.2) is 19.1 Å². The second-order valence-corrected chi connectivity index (χ2v) is 9.32. The van der Waals surface area contributed by atoms with Crippen LogP contribution in [0.15, 0.2) is 72.1 Å². The minimum Gasteiger partial charge on any atom is -0.492 e. The normalized spacial score (nSPS) is 14.3. The highest BCUT2D eigenvalue weighted by Gasteiger charge is 2.47. The summed E-state index contributed by atoms with van der Waals surface area (Å²) in [7, 11) is 0. The molecule has 1 saturated carbocycles. The highest BCUT2D eigenvalue weighted by molar-refractivity contribution is 7.13. The van der Waals surface area contributed by atoms with Gasteiger partial charge in [0.25, 0.3) is 5.91 Å². The molecule has 0 radical (unpaired) electrons. The molecule has 1 amide bonds. The number of amides is 1. The molecule has 4 aromatic rings. The summed E-state index contributed by atoms with van der Waals surface area (Å²) in [5.41, 5.74) is 9.17. The van der Waals surface area contributed by atoms with E-state index >= 15 is 0 Å². The van der Waals surface area contributed by atoms with E-state index in [1.165, 1.54) is 26.8 Å². The number of rotatable bonds is 7. The first-order valence-electron chi connectivity index (χ1n) is 10.9. The summed E-state index contributed by atoms with van der Waals surface area (Å²) in [6, 6.07) is 22.8. The molecule has 5 heteroatoms. The van der Waals surface area contributed by atoms with E-state index in [2.05, 4.69) is 59.2 Å². The SMILES string of the molecule is Cc1ccc(OCCN)cc1C(=O)NC1(c2cc(-c3cccs3)cc3ccccc23)CC1. The molecule has 0 spiro atoms. The quantitative estimate of drug-likeness (QED) is 0.390. The Morgan fingerprint density at radius 1 is 1.09 bits per heavy atom. The molecule has 0 unspecified atom stereocenters. The zero-order chi connectivity index (χ0) is 22.1. The van der Waals surface area contributed by atoms with Crippen LogP contribution in [0, 0.1) is 6.92 Å². The van der Waals surface area contributed by atoms with Gasteiger partial charge in [-0.05, 0) is 82.9 Å². The van der Waals surface area contributed by atoms with Gasteiger partial charge in [0, 0.05) is 17.0 Å². The number of carbonyl (C=O) groups is 1. The van der Waals surface area contributed by atoms with Gasteiger partial charge in [0.2, 0.25) is 0 Å². The molecule has 32 heavy (non-hydrogen) atoms. The first-order chi connectivity index (χ1) is 15.6. The molecule has 162 valence electrons. The van der Waals surface area contributed by atoms with E-state index in [-0.39, 0.29) is 11.4 Å². The lowest BCUT2D eigenvalue weighted by Crippen LogP contribution is -2.35. The largest absolute Gasteiger partial charge is 0.492 e. The van der Waals surface area contributed by atoms with Crippen LogP contribution in [0.5, 0.6) is 5.75 Å². The topological polar surface area (TPSA) is 64.3 Å². The molecule has 3 N–H and O–H groups in total. The number of carbonyl (C=O) groups excluding carboxylic acids is 1. The Kier molecular flexibility index (Phi) is 5.45. The van der Waals surface area contributed by atoms with Gasteiger partial charge in [0.05, 0.1) is 5.54 Å². The minimum atomic E-state index is -0.343. The van der Waals surface area contributed by atoms with Crippen molar-refractivity contribution in [2.45, 2.75) is 25.3 Å². The number of hydrogen-bond donors (Lipinski definition) is 2. The maximum atomic E-state index is 13.4. The summed E-state index contributed by atoms with van der Waals surface area (Å²) >= 11 is 1.73. The molecule has 0 saturated heterocycles. The van der Waals surface area contributed by atoms with Gasteiger partial charge in [-0.15, -0.1) is 11.3 Å². The number of nitrogens with one attached hydrogen (secondary N) is 1. The van der Waals surface area contributed by atoms with Crippen molar-refractivity contribution in [2.24, 2.45) is 5.73 Å². The predicted octanol–water partition coefficient (Wildman–Crippen LogP) is 5.63. The van der Waals surface area contributed by atoms with Crippen LogP contribution in [0.3, 0.4) is 0 Å². The molecule has 0 atom stereocenters.